The highest BCUT2D eigenvalue weighted by Crippen LogP contribution is 2.36. The SMILES string of the molecule is O=CNc1cc2c(Oc3ccc(CC(=O)Oc4ccccc4)c(F)c3)ccnc2cc1OCc1ccccc1. The van der Waals surface area contributed by atoms with Gasteiger partial charge >= 0.3 is 5.97 Å². The number of nitrogens with zero attached hydrogens (tertiary/aromatic N) is 1. The van der Waals surface area contributed by atoms with Crippen molar-refractivity contribution in [2.75, 3.05) is 5.32 Å². The zero-order chi connectivity index (χ0) is 27.0. The minimum Gasteiger partial charge on any atom is -0.487 e. The number of carbonyl (C=O) groups is 2. The molecule has 7 nitrogen and oxygen atoms in total. The Kier molecular flexibility index (Phi) is 7.73. The van der Waals surface area contributed by atoms with Gasteiger partial charge in [-0.05, 0) is 41.5 Å². The first-order valence-electron chi connectivity index (χ1n) is 12.1. The summed E-state index contributed by atoms with van der Waals surface area (Å²) in [5.74, 6) is 0.296. The zero-order valence-corrected chi connectivity index (χ0v) is 20.7. The molecule has 0 radical (unpaired) electrons. The third-order valence-electron chi connectivity index (χ3n) is 5.82. The summed E-state index contributed by atoms with van der Waals surface area (Å²) in [6.45, 7) is 0.306. The van der Waals surface area contributed by atoms with Crippen LogP contribution in [0.4, 0.5) is 10.1 Å². The third-order valence-corrected chi connectivity index (χ3v) is 5.82. The molecule has 0 fully saturated rings. The fourth-order valence-corrected chi connectivity index (χ4v) is 3.94. The molecule has 0 atom stereocenters. The largest absolute Gasteiger partial charge is 0.487 e. The van der Waals surface area contributed by atoms with Crippen LogP contribution in [0.15, 0.2) is 103 Å². The minimum absolute atomic E-state index is 0.181. The summed E-state index contributed by atoms with van der Waals surface area (Å²) in [7, 11) is 0. The molecule has 0 unspecified atom stereocenters. The van der Waals surface area contributed by atoms with Crippen molar-refractivity contribution in [3.05, 3.63) is 120 Å². The number of benzene rings is 4. The number of halogens is 1. The van der Waals surface area contributed by atoms with E-state index in [2.05, 4.69) is 10.3 Å². The Balaban J connectivity index is 1.34. The van der Waals surface area contributed by atoms with Crippen molar-refractivity contribution in [1.29, 1.82) is 0 Å². The monoisotopic (exact) mass is 522 g/mol. The second-order valence-corrected chi connectivity index (χ2v) is 8.53. The lowest BCUT2D eigenvalue weighted by Crippen LogP contribution is -2.12. The van der Waals surface area contributed by atoms with Crippen LogP contribution in [-0.4, -0.2) is 17.4 Å². The first-order valence-corrected chi connectivity index (χ1v) is 12.1. The fourth-order valence-electron chi connectivity index (χ4n) is 3.94. The lowest BCUT2D eigenvalue weighted by atomic mass is 10.1. The summed E-state index contributed by atoms with van der Waals surface area (Å²) in [6, 6.07) is 27.5. The Bertz CT molecular complexity index is 1610. The molecule has 194 valence electrons. The summed E-state index contributed by atoms with van der Waals surface area (Å²) in [5.41, 5.74) is 2.15. The Morgan fingerprint density at radius 2 is 1.64 bits per heavy atom. The molecule has 1 heterocycles. The van der Waals surface area contributed by atoms with Crippen molar-refractivity contribution in [2.24, 2.45) is 0 Å². The number of esters is 1. The van der Waals surface area contributed by atoms with E-state index in [-0.39, 0.29) is 17.7 Å². The standard InChI is InChI=1S/C31H23FN2O5/c32-26-16-24(12-11-22(26)15-31(36)39-23-9-5-2-6-10-23)38-29-13-14-33-27-18-30(28(34-20-35)17-25(27)29)37-19-21-7-3-1-4-8-21/h1-14,16-18,20H,15,19H2,(H,34,35). The number of anilines is 1. The topological polar surface area (TPSA) is 86.8 Å². The number of fused-ring (bicyclic) bond motifs is 1. The van der Waals surface area contributed by atoms with Gasteiger partial charge < -0.3 is 19.5 Å². The number of hydrogen-bond acceptors (Lipinski definition) is 6. The Morgan fingerprint density at radius 3 is 2.38 bits per heavy atom. The van der Waals surface area contributed by atoms with Crippen LogP contribution in [0.5, 0.6) is 23.0 Å². The molecular weight excluding hydrogens is 499 g/mol. The second kappa shape index (κ2) is 11.9. The molecule has 4 aromatic carbocycles. The molecule has 0 spiro atoms. The number of carbonyl (C=O) groups excluding carboxylic acids is 2. The predicted molar refractivity (Wildman–Crippen MR) is 144 cm³/mol. The smallest absolute Gasteiger partial charge is 0.315 e. The van der Waals surface area contributed by atoms with Gasteiger partial charge in [-0.1, -0.05) is 54.6 Å². The molecule has 0 bridgehead atoms. The van der Waals surface area contributed by atoms with Crippen LogP contribution >= 0.6 is 0 Å². The lowest BCUT2D eigenvalue weighted by Gasteiger charge is -2.14. The highest BCUT2D eigenvalue weighted by Gasteiger charge is 2.15. The van der Waals surface area contributed by atoms with Crippen molar-refractivity contribution in [1.82, 2.24) is 4.98 Å². The van der Waals surface area contributed by atoms with Crippen molar-refractivity contribution in [3.8, 4) is 23.0 Å². The number of amides is 1. The van der Waals surface area contributed by atoms with E-state index >= 15 is 0 Å². The molecule has 5 aromatic rings. The van der Waals surface area contributed by atoms with Gasteiger partial charge in [-0.3, -0.25) is 14.6 Å². The zero-order valence-electron chi connectivity index (χ0n) is 20.7. The molecule has 0 saturated heterocycles. The van der Waals surface area contributed by atoms with Gasteiger partial charge in [-0.25, -0.2) is 4.39 Å². The maximum absolute atomic E-state index is 14.8. The first-order chi connectivity index (χ1) is 19.1. The maximum atomic E-state index is 14.8. The highest BCUT2D eigenvalue weighted by molar-refractivity contribution is 5.93. The van der Waals surface area contributed by atoms with E-state index in [1.54, 1.807) is 60.8 Å². The summed E-state index contributed by atoms with van der Waals surface area (Å²) in [6.07, 6.45) is 1.89. The van der Waals surface area contributed by atoms with Gasteiger partial charge in [0.15, 0.2) is 0 Å². The number of pyridine rings is 1. The number of rotatable bonds is 10. The van der Waals surface area contributed by atoms with Gasteiger partial charge in [0.2, 0.25) is 6.41 Å². The van der Waals surface area contributed by atoms with Crippen LogP contribution in [0.25, 0.3) is 10.9 Å². The van der Waals surface area contributed by atoms with E-state index in [0.717, 1.165) is 5.56 Å². The quantitative estimate of drug-likeness (QED) is 0.129. The lowest BCUT2D eigenvalue weighted by molar-refractivity contribution is -0.133. The van der Waals surface area contributed by atoms with E-state index in [9.17, 15) is 14.0 Å². The van der Waals surface area contributed by atoms with E-state index < -0.39 is 11.8 Å². The molecule has 1 aromatic heterocycles. The average Bonchev–Trinajstić information content (AvgIpc) is 2.95. The normalized spacial score (nSPS) is 10.6. The number of ether oxygens (including phenoxy) is 3. The van der Waals surface area contributed by atoms with Gasteiger partial charge in [0.1, 0.15) is 35.4 Å². The van der Waals surface area contributed by atoms with Crippen molar-refractivity contribution < 1.29 is 28.2 Å². The van der Waals surface area contributed by atoms with Gasteiger partial charge in [0, 0.05) is 23.7 Å². The van der Waals surface area contributed by atoms with E-state index in [0.29, 0.717) is 46.9 Å². The predicted octanol–water partition coefficient (Wildman–Crippen LogP) is 6.46. The molecule has 1 amide bonds. The molecule has 0 aliphatic heterocycles. The maximum Gasteiger partial charge on any atom is 0.315 e. The van der Waals surface area contributed by atoms with E-state index in [4.69, 9.17) is 14.2 Å². The van der Waals surface area contributed by atoms with Crippen LogP contribution in [-0.2, 0) is 22.6 Å². The van der Waals surface area contributed by atoms with Crippen LogP contribution in [0.1, 0.15) is 11.1 Å². The van der Waals surface area contributed by atoms with Gasteiger partial charge in [0.25, 0.3) is 0 Å². The van der Waals surface area contributed by atoms with Gasteiger partial charge in [-0.2, -0.15) is 0 Å². The number of aromatic nitrogens is 1. The highest BCUT2D eigenvalue weighted by atomic mass is 19.1. The molecular formula is C31H23FN2O5. The number of hydrogen-bond donors (Lipinski definition) is 1. The Hall–Kier alpha value is -5.24. The molecule has 39 heavy (non-hydrogen) atoms. The fraction of sp³-hybridized carbons (Fsp3) is 0.0645. The van der Waals surface area contributed by atoms with Crippen molar-refractivity contribution >= 4 is 29.0 Å². The van der Waals surface area contributed by atoms with Gasteiger partial charge in [0.05, 0.1) is 17.6 Å². The van der Waals surface area contributed by atoms with Crippen LogP contribution < -0.4 is 19.5 Å². The third kappa shape index (κ3) is 6.37. The number of nitrogens with one attached hydrogen (secondary N) is 1. The van der Waals surface area contributed by atoms with Crippen LogP contribution in [0.3, 0.4) is 0 Å². The van der Waals surface area contributed by atoms with E-state index in [1.807, 2.05) is 30.3 Å². The Morgan fingerprint density at radius 1 is 0.872 bits per heavy atom. The Labute approximate surface area is 223 Å². The average molecular weight is 523 g/mol. The minimum atomic E-state index is -0.601. The van der Waals surface area contributed by atoms with Crippen LogP contribution in [0.2, 0.25) is 0 Å². The molecule has 8 heteroatoms. The van der Waals surface area contributed by atoms with Crippen molar-refractivity contribution in [2.45, 2.75) is 13.0 Å². The summed E-state index contributed by atoms with van der Waals surface area (Å²) < 4.78 is 32.0. The molecule has 0 aliphatic carbocycles. The van der Waals surface area contributed by atoms with Crippen LogP contribution in [0, 0.1) is 5.82 Å². The van der Waals surface area contributed by atoms with Gasteiger partial charge in [-0.15, -0.1) is 0 Å². The summed E-state index contributed by atoms with van der Waals surface area (Å²) in [4.78, 5) is 27.9. The molecule has 0 saturated carbocycles. The summed E-state index contributed by atoms with van der Waals surface area (Å²) >= 11 is 0. The molecule has 0 aliphatic rings. The molecule has 5 rings (SSSR count). The van der Waals surface area contributed by atoms with E-state index in [1.165, 1.54) is 12.1 Å². The van der Waals surface area contributed by atoms with Crippen molar-refractivity contribution in [3.63, 3.8) is 0 Å². The first kappa shape index (κ1) is 25.4. The number of para-hydroxylation sites is 1. The summed E-state index contributed by atoms with van der Waals surface area (Å²) in [5, 5.41) is 3.24. The second-order valence-electron chi connectivity index (χ2n) is 8.53. The molecule has 1 N–H and O–H groups in total.